The Labute approximate surface area is 184 Å². The lowest BCUT2D eigenvalue weighted by atomic mass is 10.1. The van der Waals surface area contributed by atoms with Crippen molar-refractivity contribution in [2.24, 2.45) is 5.14 Å². The molecule has 0 fully saturated rings. The normalized spacial score (nSPS) is 11.6. The molecule has 30 heavy (non-hydrogen) atoms. The van der Waals surface area contributed by atoms with Gasteiger partial charge in [-0.1, -0.05) is 71.7 Å². The van der Waals surface area contributed by atoms with Crippen LogP contribution in [0.3, 0.4) is 0 Å². The molecule has 0 atom stereocenters. The molecule has 0 radical (unpaired) electrons. The van der Waals surface area contributed by atoms with Gasteiger partial charge in [0.05, 0.1) is 4.90 Å². The third-order valence-corrected chi connectivity index (χ3v) is 5.85. The fourth-order valence-electron chi connectivity index (χ4n) is 3.18. The zero-order chi connectivity index (χ0) is 21.3. The quantitative estimate of drug-likeness (QED) is 0.424. The lowest BCUT2D eigenvalue weighted by Crippen LogP contribution is -2.13. The minimum absolute atomic E-state index is 0.0427. The lowest BCUT2D eigenvalue weighted by Gasteiger charge is -2.07. The van der Waals surface area contributed by atoms with E-state index in [4.69, 9.17) is 32.8 Å². The predicted molar refractivity (Wildman–Crippen MR) is 118 cm³/mol. The highest BCUT2D eigenvalue weighted by molar-refractivity contribution is 7.89. The van der Waals surface area contributed by atoms with E-state index in [1.807, 2.05) is 30.3 Å². The topological polar surface area (TPSA) is 86.2 Å². The first-order valence-electron chi connectivity index (χ1n) is 8.93. The average molecular weight is 459 g/mol. The van der Waals surface area contributed by atoms with Crippen molar-refractivity contribution in [1.82, 2.24) is 4.98 Å². The SMILES string of the molecule is NS(=O)(=O)c1ccccc1-c1nc(Cc2ccccc2)oc1-c1cc(Cl)cc(Cl)c1. The Morgan fingerprint density at radius 1 is 0.900 bits per heavy atom. The van der Waals surface area contributed by atoms with Crippen molar-refractivity contribution < 1.29 is 12.8 Å². The molecule has 0 bridgehead atoms. The molecule has 0 amide bonds. The van der Waals surface area contributed by atoms with Gasteiger partial charge < -0.3 is 4.42 Å². The van der Waals surface area contributed by atoms with Gasteiger partial charge in [0.25, 0.3) is 0 Å². The Hall–Kier alpha value is -2.64. The van der Waals surface area contributed by atoms with E-state index in [0.29, 0.717) is 44.9 Å². The summed E-state index contributed by atoms with van der Waals surface area (Å²) in [5.41, 5.74) is 2.28. The van der Waals surface area contributed by atoms with E-state index in [1.54, 1.807) is 36.4 Å². The molecular formula is C22H16Cl2N2O3S. The second-order valence-electron chi connectivity index (χ2n) is 6.65. The van der Waals surface area contributed by atoms with Crippen LogP contribution in [0.4, 0.5) is 0 Å². The Morgan fingerprint density at radius 2 is 1.53 bits per heavy atom. The van der Waals surface area contributed by atoms with Crippen molar-refractivity contribution in [2.45, 2.75) is 11.3 Å². The van der Waals surface area contributed by atoms with Crippen LogP contribution in [0.1, 0.15) is 11.5 Å². The number of oxazole rings is 1. The molecule has 3 aromatic carbocycles. The Kier molecular flexibility index (Phi) is 5.66. The van der Waals surface area contributed by atoms with Crippen molar-refractivity contribution in [2.75, 3.05) is 0 Å². The van der Waals surface area contributed by atoms with Crippen LogP contribution in [0.2, 0.25) is 10.0 Å². The first-order chi connectivity index (χ1) is 14.3. The molecule has 1 aromatic heterocycles. The first kappa shape index (κ1) is 20.6. The lowest BCUT2D eigenvalue weighted by molar-refractivity contribution is 0.519. The van der Waals surface area contributed by atoms with Gasteiger partial charge in [-0.15, -0.1) is 0 Å². The molecule has 5 nitrogen and oxygen atoms in total. The molecule has 8 heteroatoms. The van der Waals surface area contributed by atoms with Crippen molar-refractivity contribution in [3.8, 4) is 22.6 Å². The van der Waals surface area contributed by atoms with Crippen LogP contribution in [-0.2, 0) is 16.4 Å². The summed E-state index contributed by atoms with van der Waals surface area (Å²) < 4.78 is 30.4. The molecular weight excluding hydrogens is 443 g/mol. The maximum atomic E-state index is 12.2. The van der Waals surface area contributed by atoms with Crippen molar-refractivity contribution in [3.63, 3.8) is 0 Å². The van der Waals surface area contributed by atoms with Gasteiger partial charge in [-0.3, -0.25) is 0 Å². The van der Waals surface area contributed by atoms with Gasteiger partial charge in [0.1, 0.15) is 5.69 Å². The van der Waals surface area contributed by atoms with Crippen LogP contribution in [0.15, 0.2) is 82.1 Å². The molecule has 2 N–H and O–H groups in total. The largest absolute Gasteiger partial charge is 0.440 e. The maximum Gasteiger partial charge on any atom is 0.238 e. The number of nitrogens with two attached hydrogens (primary N) is 1. The molecule has 152 valence electrons. The molecule has 0 aliphatic heterocycles. The van der Waals surface area contributed by atoms with E-state index < -0.39 is 10.0 Å². The number of primary sulfonamides is 1. The number of hydrogen-bond acceptors (Lipinski definition) is 4. The fourth-order valence-corrected chi connectivity index (χ4v) is 4.45. The van der Waals surface area contributed by atoms with Gasteiger partial charge in [-0.25, -0.2) is 18.5 Å². The number of benzene rings is 3. The summed E-state index contributed by atoms with van der Waals surface area (Å²) in [5, 5.41) is 6.27. The fraction of sp³-hybridized carbons (Fsp3) is 0.0455. The number of aromatic nitrogens is 1. The highest BCUT2D eigenvalue weighted by Crippen LogP contribution is 2.38. The van der Waals surface area contributed by atoms with Gasteiger partial charge in [-0.05, 0) is 29.8 Å². The number of rotatable bonds is 5. The predicted octanol–water partition coefficient (Wildman–Crippen LogP) is 5.55. The van der Waals surface area contributed by atoms with Crippen molar-refractivity contribution in [1.29, 1.82) is 0 Å². The van der Waals surface area contributed by atoms with Crippen LogP contribution in [0.25, 0.3) is 22.6 Å². The third-order valence-electron chi connectivity index (χ3n) is 4.44. The van der Waals surface area contributed by atoms with E-state index in [0.717, 1.165) is 5.56 Å². The average Bonchev–Trinajstić information content (AvgIpc) is 3.11. The van der Waals surface area contributed by atoms with Crippen LogP contribution >= 0.6 is 23.2 Å². The van der Waals surface area contributed by atoms with Crippen molar-refractivity contribution in [3.05, 3.63) is 94.3 Å². The monoisotopic (exact) mass is 458 g/mol. The number of hydrogen-bond donors (Lipinski definition) is 1. The molecule has 0 aliphatic carbocycles. The highest BCUT2D eigenvalue weighted by Gasteiger charge is 2.23. The summed E-state index contributed by atoms with van der Waals surface area (Å²) in [4.78, 5) is 4.57. The minimum Gasteiger partial charge on any atom is -0.440 e. The summed E-state index contributed by atoms with van der Waals surface area (Å²) in [6.07, 6.45) is 0.430. The minimum atomic E-state index is -3.98. The summed E-state index contributed by atoms with van der Waals surface area (Å²) >= 11 is 12.4. The molecule has 0 aliphatic rings. The van der Waals surface area contributed by atoms with Gasteiger partial charge >= 0.3 is 0 Å². The Morgan fingerprint density at radius 3 is 2.20 bits per heavy atom. The van der Waals surface area contributed by atoms with Crippen LogP contribution in [-0.4, -0.2) is 13.4 Å². The summed E-state index contributed by atoms with van der Waals surface area (Å²) in [5.74, 6) is 0.785. The van der Waals surface area contributed by atoms with Crippen LogP contribution < -0.4 is 5.14 Å². The van der Waals surface area contributed by atoms with Gasteiger partial charge in [0.2, 0.25) is 10.0 Å². The van der Waals surface area contributed by atoms with Gasteiger partial charge in [0, 0.05) is 27.6 Å². The molecule has 0 saturated carbocycles. The Balaban J connectivity index is 1.93. The summed E-state index contributed by atoms with van der Waals surface area (Å²) in [6, 6.07) is 21.0. The van der Waals surface area contributed by atoms with Crippen LogP contribution in [0, 0.1) is 0 Å². The van der Waals surface area contributed by atoms with E-state index in [9.17, 15) is 8.42 Å². The number of sulfonamides is 1. The molecule has 0 saturated heterocycles. The molecule has 0 spiro atoms. The van der Waals surface area contributed by atoms with Gasteiger partial charge in [-0.2, -0.15) is 0 Å². The summed E-state index contributed by atoms with van der Waals surface area (Å²) in [7, 11) is -3.98. The van der Waals surface area contributed by atoms with E-state index in [2.05, 4.69) is 4.98 Å². The standard InChI is InChI=1S/C22H16Cl2N2O3S/c23-16-11-15(12-17(24)13-16)22-21(18-8-4-5-9-19(18)30(25,27)28)26-20(29-22)10-14-6-2-1-3-7-14/h1-9,11-13H,10H2,(H2,25,27,28). The number of nitrogens with zero attached hydrogens (tertiary/aromatic N) is 1. The molecule has 4 rings (SSSR count). The van der Waals surface area contributed by atoms with Gasteiger partial charge in [0.15, 0.2) is 11.7 Å². The highest BCUT2D eigenvalue weighted by atomic mass is 35.5. The summed E-state index contributed by atoms with van der Waals surface area (Å²) in [6.45, 7) is 0. The number of halogens is 2. The molecule has 4 aromatic rings. The zero-order valence-electron chi connectivity index (χ0n) is 15.5. The smallest absolute Gasteiger partial charge is 0.238 e. The second-order valence-corrected chi connectivity index (χ2v) is 9.05. The van der Waals surface area contributed by atoms with E-state index >= 15 is 0 Å². The Bertz CT molecular complexity index is 1300. The zero-order valence-corrected chi connectivity index (χ0v) is 17.9. The van der Waals surface area contributed by atoms with Crippen LogP contribution in [0.5, 0.6) is 0 Å². The van der Waals surface area contributed by atoms with E-state index in [1.165, 1.54) is 6.07 Å². The molecule has 1 heterocycles. The van der Waals surface area contributed by atoms with E-state index in [-0.39, 0.29) is 4.90 Å². The van der Waals surface area contributed by atoms with Crippen molar-refractivity contribution >= 4 is 33.2 Å². The maximum absolute atomic E-state index is 12.2. The first-order valence-corrected chi connectivity index (χ1v) is 11.2. The molecule has 0 unspecified atom stereocenters. The second kappa shape index (κ2) is 8.24. The third kappa shape index (κ3) is 4.42.